The predicted octanol–water partition coefficient (Wildman–Crippen LogP) is 1.00. The van der Waals surface area contributed by atoms with Crippen LogP contribution in [-0.4, -0.2) is 21.2 Å². The maximum absolute atomic E-state index is 8.17. The number of halogens is 1. The molecule has 0 spiro atoms. The van der Waals surface area contributed by atoms with Crippen LogP contribution in [0.1, 0.15) is 0 Å². The molecule has 2 nitrogen and oxygen atoms in total. The van der Waals surface area contributed by atoms with Crippen LogP contribution < -0.4 is 0 Å². The van der Waals surface area contributed by atoms with Crippen LogP contribution in [0.2, 0.25) is 0 Å². The summed E-state index contributed by atoms with van der Waals surface area (Å²) in [6.07, 6.45) is 3.50. The Morgan fingerprint density at radius 2 is 1.44 bits per heavy atom. The number of aromatic nitrogens is 1. The first kappa shape index (κ1) is 11.6. The molecule has 0 aliphatic heterocycles. The van der Waals surface area contributed by atoms with Crippen molar-refractivity contribution in [1.82, 2.24) is 4.98 Å². The van der Waals surface area contributed by atoms with Gasteiger partial charge < -0.3 is 0 Å². The van der Waals surface area contributed by atoms with E-state index < -0.39 is 0 Å². The van der Waals surface area contributed by atoms with E-state index in [1.165, 1.54) is 16.2 Å². The molecule has 0 N–H and O–H groups in total. The molecule has 0 unspecified atom stereocenters. The van der Waals surface area contributed by atoms with E-state index in [2.05, 4.69) is 4.98 Å². The van der Waals surface area contributed by atoms with Gasteiger partial charge in [0.1, 0.15) is 0 Å². The average Bonchev–Trinajstić information content (AvgIpc) is 1.96. The van der Waals surface area contributed by atoms with Crippen molar-refractivity contribution in [2.75, 3.05) is 0 Å². The van der Waals surface area contributed by atoms with Gasteiger partial charge in [-0.2, -0.15) is 0 Å². The third kappa shape index (κ3) is 7.77. The molecule has 0 saturated carbocycles. The van der Waals surface area contributed by atoms with Gasteiger partial charge in [0.15, 0.2) is 0 Å². The van der Waals surface area contributed by atoms with Crippen LogP contribution in [0.25, 0.3) is 0 Å². The normalized spacial score (nSPS) is 5.67. The fourth-order valence-electron chi connectivity index (χ4n) is 0.313. The van der Waals surface area contributed by atoms with Crippen LogP contribution in [0, 0.1) is 0 Å². The summed E-state index contributed by atoms with van der Waals surface area (Å²) in [6.45, 7) is 0. The molecule has 1 rings (SSSR count). The Balaban J connectivity index is 0. The maximum Gasteiger partial charge on any atom is 0.0267 e. The van der Waals surface area contributed by atoms with Gasteiger partial charge in [-0.3, -0.25) is 4.98 Å². The van der Waals surface area contributed by atoms with E-state index in [4.69, 9.17) is 3.80 Å². The zero-order valence-corrected chi connectivity index (χ0v) is 6.70. The van der Waals surface area contributed by atoms with Gasteiger partial charge in [-0.25, -0.2) is 0 Å². The quantitative estimate of drug-likeness (QED) is 0.528. The Bertz CT molecular complexity index is 99.8. The molecule has 0 aromatic carbocycles. The van der Waals surface area contributed by atoms with E-state index in [-0.39, 0.29) is 12.4 Å². The van der Waals surface area contributed by atoms with Gasteiger partial charge >= 0.3 is 20.0 Å². The molecule has 9 heavy (non-hydrogen) atoms. The molecule has 0 fully saturated rings. The van der Waals surface area contributed by atoms with Crippen molar-refractivity contribution in [2.24, 2.45) is 0 Å². The smallest absolute Gasteiger partial charge is 0.0267 e. The Kier molecular flexibility index (Phi) is 13.7. The molecule has 0 atom stereocenters. The van der Waals surface area contributed by atoms with Gasteiger partial charge in [-0.05, 0) is 12.1 Å². The molecule has 1 heterocycles. The van der Waals surface area contributed by atoms with Crippen molar-refractivity contribution in [3.05, 3.63) is 30.6 Å². The topological polar surface area (TPSA) is 30.0 Å². The van der Waals surface area contributed by atoms with E-state index >= 15 is 0 Å². The van der Waals surface area contributed by atoms with Crippen LogP contribution in [0.15, 0.2) is 30.6 Å². The van der Waals surface area contributed by atoms with E-state index in [0.29, 0.717) is 0 Å². The van der Waals surface area contributed by atoms with Crippen LogP contribution in [0.3, 0.4) is 0 Å². The van der Waals surface area contributed by atoms with Gasteiger partial charge in [0, 0.05) is 12.4 Å². The molecule has 0 saturated heterocycles. The number of pyridine rings is 1. The van der Waals surface area contributed by atoms with E-state index in [0.717, 1.165) is 0 Å². The Labute approximate surface area is 68.3 Å². The molecular formula is C5H6AlClNO. The summed E-state index contributed by atoms with van der Waals surface area (Å²) in [5, 5.41) is 0. The zero-order chi connectivity index (χ0) is 6.24. The first-order valence-corrected chi connectivity index (χ1v) is 2.56. The van der Waals surface area contributed by atoms with Crippen LogP contribution >= 0.6 is 12.4 Å². The molecule has 0 bridgehead atoms. The Morgan fingerprint density at radius 1 is 1.00 bits per heavy atom. The van der Waals surface area contributed by atoms with Crippen molar-refractivity contribution in [3.63, 3.8) is 0 Å². The van der Waals surface area contributed by atoms with Gasteiger partial charge in [-0.1, -0.05) is 6.07 Å². The fourth-order valence-corrected chi connectivity index (χ4v) is 0.313. The number of hydrogen-bond donors (Lipinski definition) is 0. The summed E-state index contributed by atoms with van der Waals surface area (Å²) in [5.74, 6) is 0. The first-order chi connectivity index (χ1) is 4.00. The molecular weight excluding hydrogens is 152 g/mol. The van der Waals surface area contributed by atoms with Crippen molar-refractivity contribution in [3.8, 4) is 0 Å². The van der Waals surface area contributed by atoms with Gasteiger partial charge in [0.2, 0.25) is 0 Å². The first-order valence-electron chi connectivity index (χ1n) is 2.09. The molecule has 0 aliphatic rings. The van der Waals surface area contributed by atoms with Crippen LogP contribution in [0.5, 0.6) is 0 Å². The molecule has 1 aromatic heterocycles. The second-order valence-corrected chi connectivity index (χ2v) is 1.02. The van der Waals surface area contributed by atoms with Gasteiger partial charge in [0.05, 0.1) is 0 Å². The number of rotatable bonds is 0. The summed E-state index contributed by atoms with van der Waals surface area (Å²) in [4.78, 5) is 3.78. The van der Waals surface area contributed by atoms with Crippen LogP contribution in [0.4, 0.5) is 0 Å². The predicted molar refractivity (Wildman–Crippen MR) is 37.9 cm³/mol. The second kappa shape index (κ2) is 10.7. The largest absolute Gasteiger partial charge is 0.265 e. The van der Waals surface area contributed by atoms with Crippen LogP contribution in [-0.2, 0) is 3.80 Å². The summed E-state index contributed by atoms with van der Waals surface area (Å²) in [5.41, 5.74) is 0. The van der Waals surface area contributed by atoms with Crippen molar-refractivity contribution in [1.29, 1.82) is 0 Å². The van der Waals surface area contributed by atoms with Gasteiger partial charge in [0.25, 0.3) is 0 Å². The Hall–Kier alpha value is -0.228. The van der Waals surface area contributed by atoms with Crippen molar-refractivity contribution >= 4 is 28.6 Å². The molecule has 47 valence electrons. The minimum atomic E-state index is 0. The Morgan fingerprint density at radius 3 is 1.56 bits per heavy atom. The average molecular weight is 159 g/mol. The molecule has 1 radical (unpaired) electrons. The fraction of sp³-hybridized carbons (Fsp3) is 0. The summed E-state index contributed by atoms with van der Waals surface area (Å²) in [6, 6.07) is 5.72. The third-order valence-electron chi connectivity index (χ3n) is 0.566. The zero-order valence-electron chi connectivity index (χ0n) is 4.73. The van der Waals surface area contributed by atoms with Crippen molar-refractivity contribution < 1.29 is 3.80 Å². The second-order valence-electron chi connectivity index (χ2n) is 1.02. The monoisotopic (exact) mass is 158 g/mol. The van der Waals surface area contributed by atoms with E-state index in [1.54, 1.807) is 12.4 Å². The van der Waals surface area contributed by atoms with Gasteiger partial charge in [-0.15, -0.1) is 12.4 Å². The summed E-state index contributed by atoms with van der Waals surface area (Å²) < 4.78 is 8.17. The summed E-state index contributed by atoms with van der Waals surface area (Å²) >= 11 is 1.17. The molecule has 0 amide bonds. The third-order valence-corrected chi connectivity index (χ3v) is 0.566. The minimum Gasteiger partial charge on any atom is -0.265 e. The van der Waals surface area contributed by atoms with E-state index in [1.807, 2.05) is 18.2 Å². The van der Waals surface area contributed by atoms with Crippen molar-refractivity contribution in [2.45, 2.75) is 0 Å². The van der Waals surface area contributed by atoms with E-state index in [9.17, 15) is 0 Å². The summed E-state index contributed by atoms with van der Waals surface area (Å²) in [7, 11) is 0. The SMILES string of the molecule is Cl.[O]=[Al].c1ccncc1. The molecule has 0 aliphatic carbocycles. The number of hydrogen-bond acceptors (Lipinski definition) is 2. The number of nitrogens with zero attached hydrogens (tertiary/aromatic N) is 1. The molecule has 4 heteroatoms. The molecule has 1 aromatic rings. The minimum absolute atomic E-state index is 0. The maximum atomic E-state index is 8.17. The standard InChI is InChI=1S/C5H5N.Al.ClH.O/c1-2-4-6-5-3-1;;;/h1-5H;;1H;.